The highest BCUT2D eigenvalue weighted by Gasteiger charge is 2.20. The second kappa shape index (κ2) is 4.09. The fraction of sp³-hybridized carbons (Fsp3) is 0.462. The van der Waals surface area contributed by atoms with Gasteiger partial charge in [0.2, 0.25) is 0 Å². The molecule has 0 saturated heterocycles. The topological polar surface area (TPSA) is 17.8 Å². The summed E-state index contributed by atoms with van der Waals surface area (Å²) in [6.45, 7) is 0. The smallest absolute Gasteiger partial charge is 0.184 e. The van der Waals surface area contributed by atoms with Crippen molar-refractivity contribution in [2.45, 2.75) is 38.1 Å². The number of aromatic nitrogens is 2. The summed E-state index contributed by atoms with van der Waals surface area (Å²) in [5.74, 6) is -1.57. The molecule has 1 aromatic heterocycles. The molecule has 1 fully saturated rings. The van der Waals surface area contributed by atoms with Gasteiger partial charge in [-0.2, -0.15) is 0 Å². The van der Waals surface area contributed by atoms with E-state index in [0.717, 1.165) is 31.7 Å². The number of imidazole rings is 1. The number of fused-ring (bicyclic) bond motifs is 1. The molecule has 1 aromatic carbocycles. The van der Waals surface area contributed by atoms with E-state index in [-0.39, 0.29) is 6.04 Å². The Morgan fingerprint density at radius 3 is 2.65 bits per heavy atom. The molecular weight excluding hydrogens is 222 g/mol. The van der Waals surface area contributed by atoms with E-state index in [2.05, 4.69) is 4.98 Å². The summed E-state index contributed by atoms with van der Waals surface area (Å²) in [7, 11) is 0. The third-order valence-electron chi connectivity index (χ3n) is 3.60. The van der Waals surface area contributed by atoms with Crippen LogP contribution in [0.5, 0.6) is 0 Å². The first kappa shape index (κ1) is 10.7. The van der Waals surface area contributed by atoms with Gasteiger partial charge in [-0.05, 0) is 25.0 Å². The summed E-state index contributed by atoms with van der Waals surface area (Å²) in [5, 5.41) is 0. The molecule has 0 atom stereocenters. The number of nitrogens with zero attached hydrogens (tertiary/aromatic N) is 2. The maximum atomic E-state index is 13.8. The van der Waals surface area contributed by atoms with Gasteiger partial charge in [-0.15, -0.1) is 0 Å². The van der Waals surface area contributed by atoms with Gasteiger partial charge in [-0.25, -0.2) is 13.8 Å². The SMILES string of the molecule is Fc1ccc2ncn(C3CCCCC3)c2c1F. The van der Waals surface area contributed by atoms with E-state index in [1.807, 2.05) is 4.57 Å². The van der Waals surface area contributed by atoms with E-state index < -0.39 is 11.6 Å². The molecule has 90 valence electrons. The molecule has 0 aliphatic heterocycles. The molecule has 2 aromatic rings. The van der Waals surface area contributed by atoms with Crippen LogP contribution in [0.25, 0.3) is 11.0 Å². The van der Waals surface area contributed by atoms with Crippen molar-refractivity contribution in [3.63, 3.8) is 0 Å². The van der Waals surface area contributed by atoms with Crippen LogP contribution in [0.2, 0.25) is 0 Å². The normalized spacial score (nSPS) is 17.8. The lowest BCUT2D eigenvalue weighted by molar-refractivity contribution is 0.357. The minimum atomic E-state index is -0.796. The fourth-order valence-electron chi connectivity index (χ4n) is 2.70. The van der Waals surface area contributed by atoms with Gasteiger partial charge in [0, 0.05) is 6.04 Å². The molecule has 1 aliphatic carbocycles. The van der Waals surface area contributed by atoms with Gasteiger partial charge in [0.05, 0.1) is 11.8 Å². The third-order valence-corrected chi connectivity index (χ3v) is 3.60. The Hall–Kier alpha value is -1.45. The van der Waals surface area contributed by atoms with Gasteiger partial charge < -0.3 is 4.57 Å². The molecule has 1 heterocycles. The van der Waals surface area contributed by atoms with Crippen LogP contribution in [0.4, 0.5) is 8.78 Å². The van der Waals surface area contributed by atoms with Crippen LogP contribution < -0.4 is 0 Å². The average molecular weight is 236 g/mol. The van der Waals surface area contributed by atoms with Crippen LogP contribution in [0.15, 0.2) is 18.5 Å². The van der Waals surface area contributed by atoms with Gasteiger partial charge in [0.15, 0.2) is 11.6 Å². The first-order valence-corrected chi connectivity index (χ1v) is 6.08. The number of benzene rings is 1. The average Bonchev–Trinajstić information content (AvgIpc) is 2.79. The zero-order chi connectivity index (χ0) is 11.8. The maximum absolute atomic E-state index is 13.8. The van der Waals surface area contributed by atoms with Crippen LogP contribution in [-0.4, -0.2) is 9.55 Å². The number of hydrogen-bond donors (Lipinski definition) is 0. The first-order chi connectivity index (χ1) is 8.27. The van der Waals surface area contributed by atoms with Crippen molar-refractivity contribution < 1.29 is 8.78 Å². The van der Waals surface area contributed by atoms with Gasteiger partial charge in [-0.3, -0.25) is 0 Å². The molecule has 0 spiro atoms. The highest BCUT2D eigenvalue weighted by atomic mass is 19.2. The van der Waals surface area contributed by atoms with E-state index in [1.165, 1.54) is 12.5 Å². The molecule has 17 heavy (non-hydrogen) atoms. The second-order valence-corrected chi connectivity index (χ2v) is 4.67. The molecule has 2 nitrogen and oxygen atoms in total. The maximum Gasteiger partial charge on any atom is 0.184 e. The van der Waals surface area contributed by atoms with E-state index in [0.29, 0.717) is 11.0 Å². The molecule has 0 N–H and O–H groups in total. The third kappa shape index (κ3) is 1.72. The Bertz CT molecular complexity index is 542. The molecule has 0 unspecified atom stereocenters. The minimum Gasteiger partial charge on any atom is -0.325 e. The Balaban J connectivity index is 2.12. The zero-order valence-electron chi connectivity index (χ0n) is 9.50. The number of hydrogen-bond acceptors (Lipinski definition) is 1. The quantitative estimate of drug-likeness (QED) is 0.736. The molecule has 3 rings (SSSR count). The number of halogens is 2. The van der Waals surface area contributed by atoms with Gasteiger partial charge >= 0.3 is 0 Å². The monoisotopic (exact) mass is 236 g/mol. The van der Waals surface area contributed by atoms with E-state index in [1.54, 1.807) is 6.33 Å². The van der Waals surface area contributed by atoms with Crippen molar-refractivity contribution in [3.8, 4) is 0 Å². The van der Waals surface area contributed by atoms with Crippen LogP contribution in [-0.2, 0) is 0 Å². The molecule has 0 radical (unpaired) electrons. The molecule has 1 saturated carbocycles. The molecule has 0 amide bonds. The van der Waals surface area contributed by atoms with Crippen molar-refractivity contribution in [2.75, 3.05) is 0 Å². The Morgan fingerprint density at radius 1 is 1.12 bits per heavy atom. The van der Waals surface area contributed by atoms with Crippen molar-refractivity contribution in [2.24, 2.45) is 0 Å². The summed E-state index contributed by atoms with van der Waals surface area (Å²) >= 11 is 0. The van der Waals surface area contributed by atoms with Crippen molar-refractivity contribution in [1.82, 2.24) is 9.55 Å². The van der Waals surface area contributed by atoms with Crippen molar-refractivity contribution >= 4 is 11.0 Å². The van der Waals surface area contributed by atoms with Gasteiger partial charge in [0.1, 0.15) is 5.52 Å². The van der Waals surface area contributed by atoms with Crippen LogP contribution in [0.3, 0.4) is 0 Å². The van der Waals surface area contributed by atoms with Crippen LogP contribution in [0, 0.1) is 11.6 Å². The Morgan fingerprint density at radius 2 is 1.88 bits per heavy atom. The molecule has 1 aliphatic rings. The van der Waals surface area contributed by atoms with Crippen LogP contribution >= 0.6 is 0 Å². The highest BCUT2D eigenvalue weighted by molar-refractivity contribution is 5.76. The Labute approximate surface area is 98.3 Å². The van der Waals surface area contributed by atoms with Crippen molar-refractivity contribution in [3.05, 3.63) is 30.1 Å². The highest BCUT2D eigenvalue weighted by Crippen LogP contribution is 2.31. The predicted octanol–water partition coefficient (Wildman–Crippen LogP) is 3.82. The first-order valence-electron chi connectivity index (χ1n) is 6.08. The molecule has 4 heteroatoms. The zero-order valence-corrected chi connectivity index (χ0v) is 9.50. The largest absolute Gasteiger partial charge is 0.325 e. The summed E-state index contributed by atoms with van der Waals surface area (Å²) in [5.41, 5.74) is 0.853. The predicted molar refractivity (Wildman–Crippen MR) is 61.8 cm³/mol. The van der Waals surface area contributed by atoms with E-state index in [4.69, 9.17) is 0 Å². The number of rotatable bonds is 1. The molecular formula is C13H14F2N2. The van der Waals surface area contributed by atoms with Gasteiger partial charge in [0.25, 0.3) is 0 Å². The summed E-state index contributed by atoms with van der Waals surface area (Å²) in [6, 6.07) is 2.94. The molecule has 0 bridgehead atoms. The summed E-state index contributed by atoms with van der Waals surface area (Å²) < 4.78 is 28.9. The lowest BCUT2D eigenvalue weighted by atomic mass is 9.95. The standard InChI is InChI=1S/C13H14F2N2/c14-10-6-7-11-13(12(10)15)17(8-16-11)9-4-2-1-3-5-9/h6-9H,1-5H2. The van der Waals surface area contributed by atoms with E-state index in [9.17, 15) is 8.78 Å². The summed E-state index contributed by atoms with van der Waals surface area (Å²) in [4.78, 5) is 4.15. The summed E-state index contributed by atoms with van der Waals surface area (Å²) in [6.07, 6.45) is 7.24. The minimum absolute atomic E-state index is 0.269. The lowest BCUT2D eigenvalue weighted by Crippen LogP contribution is -2.12. The second-order valence-electron chi connectivity index (χ2n) is 4.67. The Kier molecular flexibility index (Phi) is 2.57. The lowest BCUT2D eigenvalue weighted by Gasteiger charge is -2.23. The van der Waals surface area contributed by atoms with Crippen molar-refractivity contribution in [1.29, 1.82) is 0 Å². The van der Waals surface area contributed by atoms with Crippen LogP contribution in [0.1, 0.15) is 38.1 Å². The van der Waals surface area contributed by atoms with E-state index >= 15 is 0 Å². The van der Waals surface area contributed by atoms with Gasteiger partial charge in [-0.1, -0.05) is 19.3 Å². The fourth-order valence-corrected chi connectivity index (χ4v) is 2.70.